The van der Waals surface area contributed by atoms with Crippen LogP contribution in [0.3, 0.4) is 0 Å². The second-order valence-electron chi connectivity index (χ2n) is 10.8. The van der Waals surface area contributed by atoms with Crippen molar-refractivity contribution >= 4 is 21.6 Å². The van der Waals surface area contributed by atoms with Crippen LogP contribution < -0.4 is 0 Å². The zero-order chi connectivity index (χ0) is 24.5. The lowest BCUT2D eigenvalue weighted by Crippen LogP contribution is -2.58. The molecule has 0 aromatic carbocycles. The number of ether oxygens (including phenoxy) is 2. The maximum atomic E-state index is 14.4. The third-order valence-electron chi connectivity index (χ3n) is 8.74. The number of piperidine rings is 1. The van der Waals surface area contributed by atoms with Gasteiger partial charge in [-0.3, -0.25) is 0 Å². The van der Waals surface area contributed by atoms with Gasteiger partial charge in [-0.15, -0.1) is 11.6 Å². The molecule has 34 heavy (non-hydrogen) atoms. The van der Waals surface area contributed by atoms with E-state index in [1.165, 1.54) is 7.11 Å². The highest BCUT2D eigenvalue weighted by Crippen LogP contribution is 2.42. The van der Waals surface area contributed by atoms with Crippen molar-refractivity contribution < 1.29 is 31.8 Å². The smallest absolute Gasteiger partial charge is 0.217 e. The molecule has 10 heteroatoms. The Kier molecular flexibility index (Phi) is 9.17. The molecule has 1 saturated heterocycles. The molecule has 0 aromatic rings. The number of methoxy groups -OCH3 is 1. The van der Waals surface area contributed by atoms with Gasteiger partial charge in [-0.25, -0.2) is 17.2 Å². The summed E-state index contributed by atoms with van der Waals surface area (Å²) in [5, 5.41) is 8.95. The molecule has 3 aliphatic carbocycles. The van der Waals surface area contributed by atoms with E-state index in [2.05, 4.69) is 0 Å². The van der Waals surface area contributed by atoms with Gasteiger partial charge in [-0.05, 0) is 76.0 Å². The Hall–Kier alpha value is -0.0600. The highest BCUT2D eigenvalue weighted by atomic mass is 35.5. The molecule has 4 aliphatic rings. The zero-order valence-electron chi connectivity index (χ0n) is 20.0. The molecule has 6 nitrogen and oxygen atoms in total. The number of nitrogens with zero attached hydrogens (tertiary/aromatic N) is 1. The quantitative estimate of drug-likeness (QED) is 0.509. The minimum Gasteiger partial charge on any atom is -0.396 e. The van der Waals surface area contributed by atoms with Gasteiger partial charge in [0, 0.05) is 37.6 Å². The zero-order valence-corrected chi connectivity index (χ0v) is 21.6. The van der Waals surface area contributed by atoms with Crippen molar-refractivity contribution in [1.29, 1.82) is 0 Å². The van der Waals surface area contributed by atoms with Gasteiger partial charge in [0.2, 0.25) is 10.0 Å². The lowest BCUT2D eigenvalue weighted by atomic mass is 9.75. The van der Waals surface area contributed by atoms with Crippen molar-refractivity contribution in [2.75, 3.05) is 26.9 Å². The average Bonchev–Trinajstić information content (AvgIpc) is 2.83. The molecule has 1 heterocycles. The summed E-state index contributed by atoms with van der Waals surface area (Å²) < 4.78 is 69.1. The number of alkyl halides is 3. The van der Waals surface area contributed by atoms with Gasteiger partial charge in [-0.1, -0.05) is 0 Å². The minimum atomic E-state index is -3.70. The molecule has 10 atom stereocenters. The van der Waals surface area contributed by atoms with E-state index >= 15 is 0 Å². The summed E-state index contributed by atoms with van der Waals surface area (Å²) in [4.78, 5) is 0. The average molecular weight is 528 g/mol. The van der Waals surface area contributed by atoms with E-state index in [1.54, 1.807) is 4.31 Å². The minimum absolute atomic E-state index is 0.0518. The summed E-state index contributed by atoms with van der Waals surface area (Å²) in [5.41, 5.74) is 0. The van der Waals surface area contributed by atoms with Crippen molar-refractivity contribution in [3.05, 3.63) is 0 Å². The molecule has 10 unspecified atom stereocenters. The first-order chi connectivity index (χ1) is 16.2. The van der Waals surface area contributed by atoms with E-state index in [0.717, 1.165) is 32.1 Å². The Morgan fingerprint density at radius 1 is 1.03 bits per heavy atom. The lowest BCUT2D eigenvalue weighted by Gasteiger charge is -2.49. The SMILES string of the molecule is COC1CC(S(=O)(=O)N2CC(CO)CC3CCC(OCC4C(F)CCCC4Cl)CC32)CCC1F. The summed E-state index contributed by atoms with van der Waals surface area (Å²) in [7, 11) is -2.28. The second kappa shape index (κ2) is 11.5. The summed E-state index contributed by atoms with van der Waals surface area (Å²) in [6, 6.07) is -0.213. The number of aliphatic hydroxyl groups is 1. The maximum Gasteiger partial charge on any atom is 0.217 e. The largest absolute Gasteiger partial charge is 0.396 e. The van der Waals surface area contributed by atoms with Crippen molar-refractivity contribution in [1.82, 2.24) is 4.31 Å². The van der Waals surface area contributed by atoms with Crippen LogP contribution in [0.4, 0.5) is 8.78 Å². The van der Waals surface area contributed by atoms with Gasteiger partial charge >= 0.3 is 0 Å². The standard InChI is InChI=1S/C24H40ClF2NO5S/c1-32-24-11-18(7-8-22(24)27)34(30,31)28-12-15(13-29)9-16-5-6-17(10-23(16)28)33-14-19-20(25)3-2-4-21(19)26/h15-24,29H,2-14H2,1H3. The summed E-state index contributed by atoms with van der Waals surface area (Å²) in [6.07, 6.45) is 2.70. The number of halogens is 3. The number of hydrogen-bond acceptors (Lipinski definition) is 5. The third kappa shape index (κ3) is 5.75. The fourth-order valence-corrected chi connectivity index (χ4v) is 9.34. The van der Waals surface area contributed by atoms with E-state index in [0.29, 0.717) is 12.8 Å². The van der Waals surface area contributed by atoms with Crippen LogP contribution in [0.25, 0.3) is 0 Å². The van der Waals surface area contributed by atoms with Gasteiger partial charge in [-0.2, -0.15) is 4.31 Å². The highest BCUT2D eigenvalue weighted by molar-refractivity contribution is 7.89. The molecule has 0 aromatic heterocycles. The van der Waals surface area contributed by atoms with Gasteiger partial charge < -0.3 is 14.6 Å². The van der Waals surface area contributed by atoms with E-state index < -0.39 is 33.7 Å². The predicted molar refractivity (Wildman–Crippen MR) is 127 cm³/mol. The number of sulfonamides is 1. The molecular weight excluding hydrogens is 488 g/mol. The molecule has 3 saturated carbocycles. The molecule has 4 fully saturated rings. The molecule has 0 radical (unpaired) electrons. The molecule has 198 valence electrons. The molecule has 1 aliphatic heterocycles. The van der Waals surface area contributed by atoms with Crippen molar-refractivity contribution in [3.63, 3.8) is 0 Å². The molecule has 0 amide bonds. The van der Waals surface area contributed by atoms with E-state index in [-0.39, 0.29) is 74.3 Å². The van der Waals surface area contributed by atoms with Crippen LogP contribution in [0.1, 0.15) is 64.2 Å². The summed E-state index contributed by atoms with van der Waals surface area (Å²) in [5.74, 6) is -0.267. The van der Waals surface area contributed by atoms with Gasteiger partial charge in [0.1, 0.15) is 12.3 Å². The second-order valence-corrected chi connectivity index (χ2v) is 13.6. The Labute approximate surface area is 207 Å². The van der Waals surface area contributed by atoms with Crippen LogP contribution in [0.15, 0.2) is 0 Å². The van der Waals surface area contributed by atoms with Crippen LogP contribution >= 0.6 is 11.6 Å². The lowest BCUT2D eigenvalue weighted by molar-refractivity contribution is -0.0522. The van der Waals surface area contributed by atoms with Gasteiger partial charge in [0.15, 0.2) is 0 Å². The molecule has 4 rings (SSSR count). The van der Waals surface area contributed by atoms with Crippen LogP contribution in [-0.2, 0) is 19.5 Å². The first-order valence-electron chi connectivity index (χ1n) is 12.9. The highest BCUT2D eigenvalue weighted by Gasteiger charge is 2.49. The van der Waals surface area contributed by atoms with Crippen molar-refractivity contribution in [3.8, 4) is 0 Å². The summed E-state index contributed by atoms with van der Waals surface area (Å²) >= 11 is 6.37. The number of hydrogen-bond donors (Lipinski definition) is 1. The molecule has 0 spiro atoms. The first kappa shape index (κ1) is 27.0. The van der Waals surface area contributed by atoms with Gasteiger partial charge in [0.05, 0.1) is 24.1 Å². The van der Waals surface area contributed by atoms with Crippen molar-refractivity contribution in [2.45, 2.75) is 105 Å². The van der Waals surface area contributed by atoms with Gasteiger partial charge in [0.25, 0.3) is 0 Å². The predicted octanol–water partition coefficient (Wildman–Crippen LogP) is 3.84. The van der Waals surface area contributed by atoms with E-state index in [4.69, 9.17) is 21.1 Å². The fraction of sp³-hybridized carbons (Fsp3) is 1.00. The fourth-order valence-electron chi connectivity index (χ4n) is 6.65. The molecule has 1 N–H and O–H groups in total. The van der Waals surface area contributed by atoms with E-state index in [1.807, 2.05) is 0 Å². The number of fused-ring (bicyclic) bond motifs is 1. The molecular formula is C24H40ClF2NO5S. The monoisotopic (exact) mass is 527 g/mol. The maximum absolute atomic E-state index is 14.4. The Balaban J connectivity index is 1.46. The Morgan fingerprint density at radius 2 is 1.82 bits per heavy atom. The van der Waals surface area contributed by atoms with Crippen LogP contribution in [0, 0.1) is 17.8 Å². The van der Waals surface area contributed by atoms with Crippen LogP contribution in [0.5, 0.6) is 0 Å². The third-order valence-corrected chi connectivity index (χ3v) is 11.6. The number of aliphatic hydroxyl groups excluding tert-OH is 1. The number of rotatable bonds is 7. The van der Waals surface area contributed by atoms with Crippen LogP contribution in [-0.4, -0.2) is 85.9 Å². The first-order valence-corrected chi connectivity index (χ1v) is 14.9. The Morgan fingerprint density at radius 3 is 2.53 bits per heavy atom. The molecule has 0 bridgehead atoms. The normalized spacial score (nSPS) is 44.5. The Bertz CT molecular complexity index is 766. The topological polar surface area (TPSA) is 76.1 Å². The van der Waals surface area contributed by atoms with Crippen molar-refractivity contribution in [2.24, 2.45) is 17.8 Å². The summed E-state index contributed by atoms with van der Waals surface area (Å²) in [6.45, 7) is 0.488. The van der Waals surface area contributed by atoms with Crippen LogP contribution in [0.2, 0.25) is 0 Å². The van der Waals surface area contributed by atoms with E-state index in [9.17, 15) is 22.3 Å².